The van der Waals surface area contributed by atoms with Gasteiger partial charge in [-0.1, -0.05) is 23.7 Å². The van der Waals surface area contributed by atoms with E-state index >= 15 is 0 Å². The van der Waals surface area contributed by atoms with Crippen molar-refractivity contribution in [1.29, 1.82) is 0 Å². The molecule has 3 rings (SSSR count). The van der Waals surface area contributed by atoms with Crippen LogP contribution in [-0.4, -0.2) is 36.1 Å². The quantitative estimate of drug-likeness (QED) is 0.410. The molecule has 1 N–H and O–H groups in total. The predicted molar refractivity (Wildman–Crippen MR) is 115 cm³/mol. The van der Waals surface area contributed by atoms with Gasteiger partial charge in [0, 0.05) is 11.2 Å². The number of carbonyl (C=O) groups excluding carboxylic acids is 1. The summed E-state index contributed by atoms with van der Waals surface area (Å²) in [4.78, 5) is 12.4. The molecule has 7 nitrogen and oxygen atoms in total. The standard InChI is InChI=1S/C20H18BrClN4O3/c1-28-17-8-5-14(9-18(17)29-2)10-23-24-20(27)19-16(21)12-26(25-19)11-13-3-6-15(22)7-4-13/h3-10,12H,11H2,1-2H3,(H,24,27)/b23-10+. The Labute approximate surface area is 181 Å². The van der Waals surface area contributed by atoms with Crippen molar-refractivity contribution in [3.63, 3.8) is 0 Å². The fourth-order valence-corrected chi connectivity index (χ4v) is 3.18. The fourth-order valence-electron chi connectivity index (χ4n) is 2.56. The molecule has 9 heteroatoms. The normalized spacial score (nSPS) is 10.9. The van der Waals surface area contributed by atoms with Crippen LogP contribution in [0.3, 0.4) is 0 Å². The average molecular weight is 478 g/mol. The van der Waals surface area contributed by atoms with Gasteiger partial charge < -0.3 is 9.47 Å². The SMILES string of the molecule is COc1ccc(/C=N/NC(=O)c2nn(Cc3ccc(Cl)cc3)cc2Br)cc1OC. The third-order valence-electron chi connectivity index (χ3n) is 3.98. The Morgan fingerprint density at radius 1 is 1.21 bits per heavy atom. The molecule has 0 fully saturated rings. The van der Waals surface area contributed by atoms with E-state index < -0.39 is 5.91 Å². The number of carbonyl (C=O) groups is 1. The van der Waals surface area contributed by atoms with Crippen LogP contribution in [0.4, 0.5) is 0 Å². The minimum absolute atomic E-state index is 0.239. The average Bonchev–Trinajstić information content (AvgIpc) is 3.09. The van der Waals surface area contributed by atoms with E-state index in [4.69, 9.17) is 21.1 Å². The van der Waals surface area contributed by atoms with Gasteiger partial charge in [-0.15, -0.1) is 0 Å². The van der Waals surface area contributed by atoms with Crippen LogP contribution in [0.1, 0.15) is 21.6 Å². The Bertz CT molecular complexity index is 1030. The monoisotopic (exact) mass is 476 g/mol. The smallest absolute Gasteiger partial charge is 0.293 e. The fraction of sp³-hybridized carbons (Fsp3) is 0.150. The number of halogens is 2. The molecule has 0 saturated carbocycles. The van der Waals surface area contributed by atoms with Crippen molar-refractivity contribution in [2.24, 2.45) is 5.10 Å². The van der Waals surface area contributed by atoms with E-state index in [0.717, 1.165) is 11.1 Å². The Balaban J connectivity index is 1.65. The molecule has 0 bridgehead atoms. The minimum atomic E-state index is -0.427. The van der Waals surface area contributed by atoms with Crippen LogP contribution in [0.2, 0.25) is 5.02 Å². The molecule has 0 aliphatic carbocycles. The Kier molecular flexibility index (Phi) is 6.90. The lowest BCUT2D eigenvalue weighted by Crippen LogP contribution is -2.19. The van der Waals surface area contributed by atoms with Gasteiger partial charge >= 0.3 is 0 Å². The molecule has 0 radical (unpaired) electrons. The molecular formula is C20H18BrClN4O3. The lowest BCUT2D eigenvalue weighted by molar-refractivity contribution is 0.0948. The number of amides is 1. The topological polar surface area (TPSA) is 77.7 Å². The van der Waals surface area contributed by atoms with Crippen molar-refractivity contribution in [2.75, 3.05) is 14.2 Å². The number of methoxy groups -OCH3 is 2. The second-order valence-corrected chi connectivity index (χ2v) is 7.25. The van der Waals surface area contributed by atoms with Crippen LogP contribution < -0.4 is 14.9 Å². The van der Waals surface area contributed by atoms with Crippen molar-refractivity contribution >= 4 is 39.7 Å². The Hall–Kier alpha value is -2.84. The molecule has 0 spiro atoms. The summed E-state index contributed by atoms with van der Waals surface area (Å²) in [6.07, 6.45) is 3.25. The van der Waals surface area contributed by atoms with E-state index in [-0.39, 0.29) is 5.69 Å². The molecule has 0 unspecified atom stereocenters. The van der Waals surface area contributed by atoms with E-state index in [1.165, 1.54) is 6.21 Å². The van der Waals surface area contributed by atoms with Crippen molar-refractivity contribution in [3.8, 4) is 11.5 Å². The molecule has 0 atom stereocenters. The zero-order valence-electron chi connectivity index (χ0n) is 15.7. The van der Waals surface area contributed by atoms with E-state index in [0.29, 0.717) is 27.5 Å². The predicted octanol–water partition coefficient (Wildman–Crippen LogP) is 4.13. The zero-order valence-corrected chi connectivity index (χ0v) is 18.1. The lowest BCUT2D eigenvalue weighted by atomic mass is 10.2. The molecule has 0 aliphatic rings. The zero-order chi connectivity index (χ0) is 20.8. The summed E-state index contributed by atoms with van der Waals surface area (Å²) in [6, 6.07) is 12.8. The van der Waals surface area contributed by atoms with Gasteiger partial charge in [0.1, 0.15) is 0 Å². The minimum Gasteiger partial charge on any atom is -0.493 e. The summed E-state index contributed by atoms with van der Waals surface area (Å²) < 4.78 is 12.7. The van der Waals surface area contributed by atoms with Gasteiger partial charge in [-0.3, -0.25) is 9.48 Å². The van der Waals surface area contributed by atoms with Gasteiger partial charge in [-0.05, 0) is 57.4 Å². The molecule has 0 aliphatic heterocycles. The highest BCUT2D eigenvalue weighted by Gasteiger charge is 2.15. The molecule has 1 heterocycles. The first-order valence-electron chi connectivity index (χ1n) is 8.53. The largest absolute Gasteiger partial charge is 0.493 e. The molecule has 1 amide bonds. The van der Waals surface area contributed by atoms with Crippen molar-refractivity contribution in [3.05, 3.63) is 75.0 Å². The number of hydrogen-bond acceptors (Lipinski definition) is 5. The molecule has 0 saturated heterocycles. The highest BCUT2D eigenvalue weighted by atomic mass is 79.9. The first-order valence-corrected chi connectivity index (χ1v) is 9.70. The summed E-state index contributed by atoms with van der Waals surface area (Å²) in [5.41, 5.74) is 4.48. The van der Waals surface area contributed by atoms with Gasteiger partial charge in [0.15, 0.2) is 17.2 Å². The number of ether oxygens (including phenoxy) is 2. The lowest BCUT2D eigenvalue weighted by Gasteiger charge is -2.07. The van der Waals surface area contributed by atoms with Crippen LogP contribution in [0.5, 0.6) is 11.5 Å². The maximum atomic E-state index is 12.4. The van der Waals surface area contributed by atoms with Crippen LogP contribution in [0.15, 0.2) is 58.2 Å². The number of nitrogens with zero attached hydrogens (tertiary/aromatic N) is 3. The summed E-state index contributed by atoms with van der Waals surface area (Å²) >= 11 is 9.27. The van der Waals surface area contributed by atoms with Crippen molar-refractivity contribution in [1.82, 2.24) is 15.2 Å². The first kappa shape index (κ1) is 20.9. The molecule has 2 aromatic carbocycles. The van der Waals surface area contributed by atoms with E-state index in [2.05, 4.69) is 31.6 Å². The molecule has 150 valence electrons. The van der Waals surface area contributed by atoms with Crippen molar-refractivity contribution < 1.29 is 14.3 Å². The van der Waals surface area contributed by atoms with Gasteiger partial charge in [-0.2, -0.15) is 10.2 Å². The summed E-state index contributed by atoms with van der Waals surface area (Å²) in [5.74, 6) is 0.763. The third-order valence-corrected chi connectivity index (χ3v) is 4.81. The number of hydrogen-bond donors (Lipinski definition) is 1. The highest BCUT2D eigenvalue weighted by molar-refractivity contribution is 9.10. The van der Waals surface area contributed by atoms with E-state index in [1.807, 2.05) is 24.3 Å². The summed E-state index contributed by atoms with van der Waals surface area (Å²) in [7, 11) is 3.12. The third kappa shape index (κ3) is 5.36. The Morgan fingerprint density at radius 3 is 2.62 bits per heavy atom. The second-order valence-electron chi connectivity index (χ2n) is 5.96. The molecule has 3 aromatic rings. The van der Waals surface area contributed by atoms with Gasteiger partial charge in [-0.25, -0.2) is 5.43 Å². The number of rotatable bonds is 7. The number of aromatic nitrogens is 2. The second kappa shape index (κ2) is 9.58. The number of hydrazone groups is 1. The molecular weight excluding hydrogens is 460 g/mol. The maximum Gasteiger partial charge on any atom is 0.293 e. The van der Waals surface area contributed by atoms with Gasteiger partial charge in [0.2, 0.25) is 0 Å². The number of benzene rings is 2. The highest BCUT2D eigenvalue weighted by Crippen LogP contribution is 2.26. The molecule has 29 heavy (non-hydrogen) atoms. The summed E-state index contributed by atoms with van der Waals surface area (Å²) in [5, 5.41) is 8.97. The van der Waals surface area contributed by atoms with Crippen LogP contribution >= 0.6 is 27.5 Å². The first-order chi connectivity index (χ1) is 14.0. The maximum absolute atomic E-state index is 12.4. The van der Waals surface area contributed by atoms with Gasteiger partial charge in [0.25, 0.3) is 5.91 Å². The number of nitrogens with one attached hydrogen (secondary N) is 1. The van der Waals surface area contributed by atoms with Gasteiger partial charge in [0.05, 0.1) is 31.5 Å². The van der Waals surface area contributed by atoms with Crippen molar-refractivity contribution in [2.45, 2.75) is 6.54 Å². The molecule has 1 aromatic heterocycles. The van der Waals surface area contributed by atoms with Crippen LogP contribution in [-0.2, 0) is 6.54 Å². The van der Waals surface area contributed by atoms with E-state index in [9.17, 15) is 4.79 Å². The van der Waals surface area contributed by atoms with E-state index in [1.54, 1.807) is 43.3 Å². The summed E-state index contributed by atoms with van der Waals surface area (Å²) in [6.45, 7) is 0.512. The van der Waals surface area contributed by atoms with Crippen LogP contribution in [0.25, 0.3) is 0 Å². The Morgan fingerprint density at radius 2 is 1.93 bits per heavy atom. The van der Waals surface area contributed by atoms with Crippen LogP contribution in [0, 0.1) is 0 Å².